The van der Waals surface area contributed by atoms with Gasteiger partial charge in [-0.15, -0.1) is 0 Å². The van der Waals surface area contributed by atoms with Gasteiger partial charge in [-0.1, -0.05) is 11.6 Å². The van der Waals surface area contributed by atoms with Gasteiger partial charge in [0.1, 0.15) is 5.15 Å². The van der Waals surface area contributed by atoms with Crippen molar-refractivity contribution in [3.63, 3.8) is 0 Å². The first-order valence-electron chi connectivity index (χ1n) is 7.43. The zero-order valence-electron chi connectivity index (χ0n) is 11.9. The maximum Gasteiger partial charge on any atom is 0.243 e. The first kappa shape index (κ1) is 15.2. The molecule has 21 heavy (non-hydrogen) atoms. The molecule has 0 N–H and O–H groups in total. The Morgan fingerprint density at radius 1 is 1.14 bits per heavy atom. The summed E-state index contributed by atoms with van der Waals surface area (Å²) in [6.45, 7) is 3.50. The van der Waals surface area contributed by atoms with Crippen LogP contribution in [0.4, 0.5) is 0 Å². The van der Waals surface area contributed by atoms with E-state index in [1.807, 2.05) is 0 Å². The molecule has 116 valence electrons. The predicted molar refractivity (Wildman–Crippen MR) is 81.8 cm³/mol. The third-order valence-electron chi connectivity index (χ3n) is 4.42. The third-order valence-corrected chi connectivity index (χ3v) is 6.52. The van der Waals surface area contributed by atoms with Gasteiger partial charge in [0, 0.05) is 25.3 Å². The van der Waals surface area contributed by atoms with Crippen LogP contribution in [0.5, 0.6) is 0 Å². The molecule has 0 saturated carbocycles. The van der Waals surface area contributed by atoms with Gasteiger partial charge in [0.25, 0.3) is 0 Å². The van der Waals surface area contributed by atoms with Crippen LogP contribution in [0, 0.1) is 0 Å². The van der Waals surface area contributed by atoms with Crippen LogP contribution in [0.15, 0.2) is 23.2 Å². The van der Waals surface area contributed by atoms with E-state index in [2.05, 4.69) is 9.88 Å². The topological polar surface area (TPSA) is 53.5 Å². The average molecular weight is 330 g/mol. The summed E-state index contributed by atoms with van der Waals surface area (Å²) in [5.41, 5.74) is 0. The lowest BCUT2D eigenvalue weighted by atomic mass is 10.1. The smallest absolute Gasteiger partial charge is 0.243 e. The largest absolute Gasteiger partial charge is 0.300 e. The number of hydrogen-bond donors (Lipinski definition) is 0. The highest BCUT2D eigenvalue weighted by Crippen LogP contribution is 2.25. The highest BCUT2D eigenvalue weighted by molar-refractivity contribution is 7.89. The molecular weight excluding hydrogens is 310 g/mol. The van der Waals surface area contributed by atoms with Gasteiger partial charge in [0.05, 0.1) is 4.90 Å². The maximum atomic E-state index is 12.6. The van der Waals surface area contributed by atoms with Crippen molar-refractivity contribution >= 4 is 21.6 Å². The molecule has 1 aromatic rings. The van der Waals surface area contributed by atoms with Crippen LogP contribution >= 0.6 is 11.6 Å². The van der Waals surface area contributed by atoms with E-state index < -0.39 is 10.0 Å². The van der Waals surface area contributed by atoms with Crippen molar-refractivity contribution in [3.05, 3.63) is 23.5 Å². The molecule has 5 nitrogen and oxygen atoms in total. The minimum atomic E-state index is -3.44. The van der Waals surface area contributed by atoms with Crippen LogP contribution in [-0.4, -0.2) is 54.8 Å². The van der Waals surface area contributed by atoms with Crippen LogP contribution < -0.4 is 0 Å². The van der Waals surface area contributed by atoms with Crippen LogP contribution in [0.2, 0.25) is 5.15 Å². The summed E-state index contributed by atoms with van der Waals surface area (Å²) in [5, 5.41) is 0.211. The summed E-state index contributed by atoms with van der Waals surface area (Å²) < 4.78 is 26.8. The lowest BCUT2D eigenvalue weighted by Gasteiger charge is -2.36. The van der Waals surface area contributed by atoms with Crippen LogP contribution in [0.25, 0.3) is 0 Å². The molecule has 3 heterocycles. The molecule has 0 amide bonds. The summed E-state index contributed by atoms with van der Waals surface area (Å²) in [6.07, 6.45) is 5.81. The van der Waals surface area contributed by atoms with Gasteiger partial charge in [-0.2, -0.15) is 4.31 Å². The Kier molecular flexibility index (Phi) is 4.49. The summed E-state index contributed by atoms with van der Waals surface area (Å²) in [5.74, 6) is 0. The van der Waals surface area contributed by atoms with Gasteiger partial charge in [-0.3, -0.25) is 0 Å². The van der Waals surface area contributed by atoms with Crippen LogP contribution in [0.3, 0.4) is 0 Å². The van der Waals surface area contributed by atoms with E-state index in [0.29, 0.717) is 19.1 Å². The van der Waals surface area contributed by atoms with Crippen molar-refractivity contribution in [1.29, 1.82) is 0 Å². The number of hydrogen-bond acceptors (Lipinski definition) is 4. The highest BCUT2D eigenvalue weighted by atomic mass is 35.5. The highest BCUT2D eigenvalue weighted by Gasteiger charge is 2.32. The number of piperidine rings is 1. The molecule has 0 unspecified atom stereocenters. The zero-order chi connectivity index (χ0) is 14.9. The quantitative estimate of drug-likeness (QED) is 0.796. The average Bonchev–Trinajstić information content (AvgIpc) is 3.02. The van der Waals surface area contributed by atoms with Crippen molar-refractivity contribution in [2.45, 2.75) is 36.6 Å². The van der Waals surface area contributed by atoms with E-state index in [4.69, 9.17) is 11.6 Å². The second kappa shape index (κ2) is 6.20. The Morgan fingerprint density at radius 2 is 1.81 bits per heavy atom. The number of pyridine rings is 1. The van der Waals surface area contributed by atoms with E-state index in [1.165, 1.54) is 31.2 Å². The monoisotopic (exact) mass is 329 g/mol. The number of halogens is 1. The fourth-order valence-corrected chi connectivity index (χ4v) is 4.97. The minimum Gasteiger partial charge on any atom is -0.300 e. The van der Waals surface area contributed by atoms with Gasteiger partial charge in [0.15, 0.2) is 0 Å². The molecule has 2 aliphatic heterocycles. The van der Waals surface area contributed by atoms with Gasteiger partial charge in [-0.25, -0.2) is 13.4 Å². The van der Waals surface area contributed by atoms with Gasteiger partial charge >= 0.3 is 0 Å². The zero-order valence-corrected chi connectivity index (χ0v) is 13.5. The fourth-order valence-electron chi connectivity index (χ4n) is 3.25. The lowest BCUT2D eigenvalue weighted by Crippen LogP contribution is -2.45. The molecular formula is C14H20ClN3O2S. The Hall–Kier alpha value is -0.690. The van der Waals surface area contributed by atoms with E-state index in [-0.39, 0.29) is 10.0 Å². The molecule has 2 aliphatic rings. The number of sulfonamides is 1. The Morgan fingerprint density at radius 3 is 2.43 bits per heavy atom. The summed E-state index contributed by atoms with van der Waals surface area (Å²) in [6, 6.07) is 3.47. The Bertz CT molecular complexity index is 594. The van der Waals surface area contributed by atoms with Crippen molar-refractivity contribution in [3.8, 4) is 0 Å². The van der Waals surface area contributed by atoms with Crippen molar-refractivity contribution in [1.82, 2.24) is 14.2 Å². The third kappa shape index (κ3) is 3.23. The number of aromatic nitrogens is 1. The SMILES string of the molecule is O=S(=O)(c1ccnc(Cl)c1)N1CCC(N2CCCC2)CC1. The van der Waals surface area contributed by atoms with E-state index >= 15 is 0 Å². The number of rotatable bonds is 3. The standard InChI is InChI=1S/C14H20ClN3O2S/c15-14-11-13(3-6-16-14)21(19,20)18-9-4-12(5-10-18)17-7-1-2-8-17/h3,6,11-12H,1-2,4-5,7-10H2. The Labute approximate surface area is 131 Å². The maximum absolute atomic E-state index is 12.6. The first-order valence-corrected chi connectivity index (χ1v) is 9.25. The molecule has 0 atom stereocenters. The van der Waals surface area contributed by atoms with E-state index in [1.54, 1.807) is 4.31 Å². The summed E-state index contributed by atoms with van der Waals surface area (Å²) in [4.78, 5) is 6.58. The molecule has 0 spiro atoms. The molecule has 0 bridgehead atoms. The molecule has 2 fully saturated rings. The molecule has 7 heteroatoms. The van der Waals surface area contributed by atoms with E-state index in [9.17, 15) is 8.42 Å². The van der Waals surface area contributed by atoms with Crippen LogP contribution in [-0.2, 0) is 10.0 Å². The minimum absolute atomic E-state index is 0.211. The lowest BCUT2D eigenvalue weighted by molar-refractivity contribution is 0.168. The van der Waals surface area contributed by atoms with E-state index in [0.717, 1.165) is 25.9 Å². The van der Waals surface area contributed by atoms with Crippen molar-refractivity contribution in [2.24, 2.45) is 0 Å². The number of nitrogens with zero attached hydrogens (tertiary/aromatic N) is 3. The predicted octanol–water partition coefficient (Wildman–Crippen LogP) is 1.98. The summed E-state index contributed by atoms with van der Waals surface area (Å²) >= 11 is 5.80. The van der Waals surface area contributed by atoms with Gasteiger partial charge in [0.2, 0.25) is 10.0 Å². The van der Waals surface area contributed by atoms with Crippen molar-refractivity contribution < 1.29 is 8.42 Å². The molecule has 3 rings (SSSR count). The first-order chi connectivity index (χ1) is 10.1. The second-order valence-electron chi connectivity index (χ2n) is 5.69. The summed E-state index contributed by atoms with van der Waals surface area (Å²) in [7, 11) is -3.44. The molecule has 0 radical (unpaired) electrons. The second-order valence-corrected chi connectivity index (χ2v) is 8.02. The number of likely N-dealkylation sites (tertiary alicyclic amines) is 1. The van der Waals surface area contributed by atoms with Gasteiger partial charge in [-0.05, 0) is 50.9 Å². The van der Waals surface area contributed by atoms with Gasteiger partial charge < -0.3 is 4.90 Å². The normalized spacial score (nSPS) is 22.7. The molecule has 0 aliphatic carbocycles. The fraction of sp³-hybridized carbons (Fsp3) is 0.643. The molecule has 0 aromatic carbocycles. The van der Waals surface area contributed by atoms with Crippen molar-refractivity contribution in [2.75, 3.05) is 26.2 Å². The molecule has 2 saturated heterocycles. The molecule has 1 aromatic heterocycles. The Balaban J connectivity index is 1.68. The van der Waals surface area contributed by atoms with Crippen LogP contribution in [0.1, 0.15) is 25.7 Å².